The molecule has 0 spiro atoms. The highest BCUT2D eigenvalue weighted by atomic mass is 16.7. The summed E-state index contributed by atoms with van der Waals surface area (Å²) < 4.78 is 30.0. The third kappa shape index (κ3) is 4.57. The number of ether oxygens (including phenoxy) is 5. The summed E-state index contributed by atoms with van der Waals surface area (Å²) in [6, 6.07) is 19.7. The Morgan fingerprint density at radius 2 is 1.76 bits per heavy atom. The number of benzene rings is 2. The molecule has 2 aliphatic heterocycles. The van der Waals surface area contributed by atoms with Gasteiger partial charge in [-0.15, -0.1) is 0 Å². The fourth-order valence-corrected chi connectivity index (χ4v) is 4.00. The van der Waals surface area contributed by atoms with Gasteiger partial charge in [-0.2, -0.15) is 0 Å². The number of hydrogen-bond acceptors (Lipinski definition) is 6. The first-order valence-corrected chi connectivity index (χ1v) is 9.89. The molecule has 0 bridgehead atoms. The number of rotatable bonds is 7. The molecule has 29 heavy (non-hydrogen) atoms. The lowest BCUT2D eigenvalue weighted by Crippen LogP contribution is -2.60. The van der Waals surface area contributed by atoms with E-state index in [0.29, 0.717) is 19.6 Å². The predicted molar refractivity (Wildman–Crippen MR) is 105 cm³/mol. The Kier molecular flexibility index (Phi) is 6.69. The summed E-state index contributed by atoms with van der Waals surface area (Å²) in [7, 11) is 1.58. The molecular formula is C23H26O6. The molecule has 6 heteroatoms. The summed E-state index contributed by atoms with van der Waals surface area (Å²) in [6.07, 6.45) is -0.955. The Bertz CT molecular complexity index is 761. The first-order valence-electron chi connectivity index (χ1n) is 9.89. The van der Waals surface area contributed by atoms with E-state index < -0.39 is 18.7 Å². The van der Waals surface area contributed by atoms with Crippen molar-refractivity contribution in [1.29, 1.82) is 0 Å². The van der Waals surface area contributed by atoms with Crippen molar-refractivity contribution >= 4 is 6.29 Å². The van der Waals surface area contributed by atoms with Gasteiger partial charge in [0, 0.05) is 25.0 Å². The normalized spacial score (nSPS) is 31.8. The van der Waals surface area contributed by atoms with E-state index in [1.54, 1.807) is 7.11 Å². The molecule has 6 nitrogen and oxygen atoms in total. The van der Waals surface area contributed by atoms with Gasteiger partial charge in [0.15, 0.2) is 12.6 Å². The second-order valence-electron chi connectivity index (χ2n) is 7.28. The van der Waals surface area contributed by atoms with Crippen LogP contribution in [0.4, 0.5) is 0 Å². The van der Waals surface area contributed by atoms with Gasteiger partial charge in [0.25, 0.3) is 0 Å². The van der Waals surface area contributed by atoms with Crippen LogP contribution in [0.1, 0.15) is 23.8 Å². The van der Waals surface area contributed by atoms with Crippen LogP contribution in [0.5, 0.6) is 0 Å². The Balaban J connectivity index is 1.53. The second-order valence-corrected chi connectivity index (χ2v) is 7.28. The quantitative estimate of drug-likeness (QED) is 0.667. The molecular weight excluding hydrogens is 372 g/mol. The van der Waals surface area contributed by atoms with Gasteiger partial charge in [-0.05, 0) is 5.56 Å². The maximum absolute atomic E-state index is 11.5. The fourth-order valence-electron chi connectivity index (χ4n) is 4.00. The average molecular weight is 398 g/mol. The third-order valence-electron chi connectivity index (χ3n) is 5.44. The number of aldehydes is 1. The molecule has 2 heterocycles. The summed E-state index contributed by atoms with van der Waals surface area (Å²) in [5.74, 6) is -0.199. The lowest BCUT2D eigenvalue weighted by atomic mass is 9.85. The molecule has 6 atom stereocenters. The third-order valence-corrected chi connectivity index (χ3v) is 5.44. The largest absolute Gasteiger partial charge is 0.368 e. The van der Waals surface area contributed by atoms with E-state index in [9.17, 15) is 4.79 Å². The van der Waals surface area contributed by atoms with Crippen LogP contribution >= 0.6 is 0 Å². The molecule has 4 rings (SSSR count). The first kappa shape index (κ1) is 20.2. The molecule has 0 saturated carbocycles. The summed E-state index contributed by atoms with van der Waals surface area (Å²) in [6.45, 7) is 0.769. The van der Waals surface area contributed by atoms with Gasteiger partial charge in [-0.3, -0.25) is 0 Å². The van der Waals surface area contributed by atoms with Gasteiger partial charge in [-0.25, -0.2) is 0 Å². The summed E-state index contributed by atoms with van der Waals surface area (Å²) in [5.41, 5.74) is 1.98. The topological polar surface area (TPSA) is 63.2 Å². The predicted octanol–water partition coefficient (Wildman–Crippen LogP) is 3.26. The van der Waals surface area contributed by atoms with Crippen molar-refractivity contribution in [2.75, 3.05) is 13.7 Å². The van der Waals surface area contributed by atoms with Crippen LogP contribution < -0.4 is 0 Å². The molecule has 2 aliphatic rings. The van der Waals surface area contributed by atoms with Gasteiger partial charge < -0.3 is 28.5 Å². The van der Waals surface area contributed by atoms with Crippen molar-refractivity contribution in [3.8, 4) is 0 Å². The molecule has 2 aromatic rings. The van der Waals surface area contributed by atoms with Crippen LogP contribution in [0.2, 0.25) is 0 Å². The number of hydrogen-bond donors (Lipinski definition) is 0. The zero-order chi connectivity index (χ0) is 20.1. The molecule has 0 amide bonds. The Hall–Kier alpha value is -2.09. The molecule has 2 saturated heterocycles. The monoisotopic (exact) mass is 398 g/mol. The number of methoxy groups -OCH3 is 1. The molecule has 0 aromatic heterocycles. The van der Waals surface area contributed by atoms with E-state index in [4.69, 9.17) is 23.7 Å². The first-order chi connectivity index (χ1) is 14.3. The number of carbonyl (C=O) groups excluding carboxylic acids is 1. The van der Waals surface area contributed by atoms with Gasteiger partial charge in [0.05, 0.1) is 19.3 Å². The number of fused-ring (bicyclic) bond motifs is 1. The molecule has 0 aliphatic carbocycles. The van der Waals surface area contributed by atoms with Crippen molar-refractivity contribution in [3.63, 3.8) is 0 Å². The standard InChI is InChI=1S/C23H26O6/c1-25-23-21(26-14-16-8-4-2-5-9-16)18(12-13-24)20-19(28-23)15-27-22(29-20)17-10-6-3-7-11-17/h2-11,13,18-23H,12,14-15H2,1H3/t18-,19+,20-,21+,22+,23-/m0/s1. The van der Waals surface area contributed by atoms with Crippen molar-refractivity contribution in [3.05, 3.63) is 71.8 Å². The van der Waals surface area contributed by atoms with E-state index >= 15 is 0 Å². The summed E-state index contributed by atoms with van der Waals surface area (Å²) in [4.78, 5) is 11.5. The van der Waals surface area contributed by atoms with Crippen molar-refractivity contribution in [2.24, 2.45) is 5.92 Å². The van der Waals surface area contributed by atoms with Crippen LogP contribution in [0.25, 0.3) is 0 Å². The zero-order valence-corrected chi connectivity index (χ0v) is 16.4. The molecule has 2 aromatic carbocycles. The summed E-state index contributed by atoms with van der Waals surface area (Å²) >= 11 is 0. The maximum Gasteiger partial charge on any atom is 0.184 e. The minimum atomic E-state index is -0.592. The minimum Gasteiger partial charge on any atom is -0.368 e. The molecule has 2 fully saturated rings. The van der Waals surface area contributed by atoms with E-state index in [1.807, 2.05) is 60.7 Å². The zero-order valence-electron chi connectivity index (χ0n) is 16.4. The van der Waals surface area contributed by atoms with Crippen molar-refractivity contribution in [2.45, 2.75) is 43.9 Å². The second kappa shape index (κ2) is 9.61. The van der Waals surface area contributed by atoms with E-state index in [-0.39, 0.29) is 18.1 Å². The Morgan fingerprint density at radius 1 is 1.03 bits per heavy atom. The number of carbonyl (C=O) groups is 1. The van der Waals surface area contributed by atoms with Gasteiger partial charge in [0.2, 0.25) is 0 Å². The fraction of sp³-hybridized carbons (Fsp3) is 0.435. The molecule has 154 valence electrons. The molecule has 0 radical (unpaired) electrons. The van der Waals surface area contributed by atoms with Crippen LogP contribution in [0.3, 0.4) is 0 Å². The van der Waals surface area contributed by atoms with Gasteiger partial charge in [0.1, 0.15) is 18.5 Å². The van der Waals surface area contributed by atoms with E-state index in [1.165, 1.54) is 0 Å². The maximum atomic E-state index is 11.5. The smallest absolute Gasteiger partial charge is 0.184 e. The SMILES string of the molecule is CO[C@H]1O[C@@H]2CO[C@@H](c3ccccc3)O[C@H]2[C@H](CC=O)[C@H]1OCc1ccccc1. The lowest BCUT2D eigenvalue weighted by molar-refractivity contribution is -0.355. The highest BCUT2D eigenvalue weighted by Gasteiger charge is 2.50. The van der Waals surface area contributed by atoms with Crippen molar-refractivity contribution < 1.29 is 28.5 Å². The molecule has 0 unspecified atom stereocenters. The lowest BCUT2D eigenvalue weighted by Gasteiger charge is -2.48. The highest BCUT2D eigenvalue weighted by Crippen LogP contribution is 2.39. The highest BCUT2D eigenvalue weighted by molar-refractivity contribution is 5.50. The Labute approximate surface area is 170 Å². The van der Waals surface area contributed by atoms with E-state index in [2.05, 4.69) is 0 Å². The average Bonchev–Trinajstić information content (AvgIpc) is 2.79. The van der Waals surface area contributed by atoms with Crippen LogP contribution in [-0.4, -0.2) is 44.6 Å². The van der Waals surface area contributed by atoms with Crippen molar-refractivity contribution in [1.82, 2.24) is 0 Å². The van der Waals surface area contributed by atoms with Crippen LogP contribution in [0.15, 0.2) is 60.7 Å². The minimum absolute atomic E-state index is 0.199. The van der Waals surface area contributed by atoms with E-state index in [0.717, 1.165) is 17.4 Å². The molecule has 0 N–H and O–H groups in total. The van der Waals surface area contributed by atoms with Crippen LogP contribution in [0, 0.1) is 5.92 Å². The summed E-state index contributed by atoms with van der Waals surface area (Å²) in [5, 5.41) is 0. The van der Waals surface area contributed by atoms with Crippen LogP contribution in [-0.2, 0) is 35.1 Å². The van der Waals surface area contributed by atoms with Gasteiger partial charge >= 0.3 is 0 Å². The Morgan fingerprint density at radius 3 is 2.45 bits per heavy atom. The van der Waals surface area contributed by atoms with Gasteiger partial charge in [-0.1, -0.05) is 60.7 Å².